The average Bonchev–Trinajstić information content (AvgIpc) is 2.94. The van der Waals surface area contributed by atoms with Crippen LogP contribution in [0.5, 0.6) is 0 Å². The zero-order valence-corrected chi connectivity index (χ0v) is 21.9. The second-order valence-corrected chi connectivity index (χ2v) is 9.96. The third kappa shape index (κ3) is 5.66. The topological polar surface area (TPSA) is 87.7 Å². The van der Waals surface area contributed by atoms with Gasteiger partial charge >= 0.3 is 6.09 Å². The fourth-order valence-electron chi connectivity index (χ4n) is 5.42. The van der Waals surface area contributed by atoms with Gasteiger partial charge in [-0.1, -0.05) is 48.5 Å². The van der Waals surface area contributed by atoms with Crippen molar-refractivity contribution in [1.29, 1.82) is 0 Å². The second kappa shape index (κ2) is 11.7. The lowest BCUT2D eigenvalue weighted by molar-refractivity contribution is -0.829. The van der Waals surface area contributed by atoms with Gasteiger partial charge in [-0.2, -0.15) is 5.48 Å². The number of rotatable bonds is 8. The maximum absolute atomic E-state index is 13.0. The number of para-hydroxylation sites is 1. The number of nitrogens with two attached hydrogens (primary N) is 1. The summed E-state index contributed by atoms with van der Waals surface area (Å²) >= 11 is 0. The average molecular weight is 516 g/mol. The van der Waals surface area contributed by atoms with E-state index < -0.39 is 0 Å². The number of ether oxygens (including phenoxy) is 1. The Bertz CT molecular complexity index is 1270. The maximum Gasteiger partial charge on any atom is 0.414 e. The van der Waals surface area contributed by atoms with Gasteiger partial charge in [0.25, 0.3) is 5.91 Å². The fourth-order valence-corrected chi connectivity index (χ4v) is 5.42. The molecule has 3 aromatic rings. The highest BCUT2D eigenvalue weighted by Crippen LogP contribution is 2.34. The molecule has 2 aliphatic heterocycles. The number of hydrogen-bond donors (Lipinski definition) is 2. The Morgan fingerprint density at radius 1 is 1.05 bits per heavy atom. The van der Waals surface area contributed by atoms with Gasteiger partial charge in [0.05, 0.1) is 12.8 Å². The summed E-state index contributed by atoms with van der Waals surface area (Å²) in [5, 5.41) is 3.11. The zero-order valence-electron chi connectivity index (χ0n) is 21.9. The van der Waals surface area contributed by atoms with Crippen LogP contribution in [0.2, 0.25) is 0 Å². The molecule has 0 bridgehead atoms. The summed E-state index contributed by atoms with van der Waals surface area (Å²) in [4.78, 5) is 35.2. The Labute approximate surface area is 223 Å². The van der Waals surface area contributed by atoms with Crippen LogP contribution in [0.1, 0.15) is 41.3 Å². The van der Waals surface area contributed by atoms with Crippen LogP contribution < -0.4 is 20.6 Å². The van der Waals surface area contributed by atoms with E-state index in [0.717, 1.165) is 55.0 Å². The molecule has 0 aromatic heterocycles. The van der Waals surface area contributed by atoms with Crippen molar-refractivity contribution in [3.05, 3.63) is 89.5 Å². The molecule has 3 aromatic carbocycles. The number of hydrogen-bond acceptors (Lipinski definition) is 5. The van der Waals surface area contributed by atoms with Crippen molar-refractivity contribution < 1.29 is 24.6 Å². The number of piperidine rings is 1. The Kier molecular flexibility index (Phi) is 7.91. The van der Waals surface area contributed by atoms with Crippen LogP contribution in [-0.4, -0.2) is 44.3 Å². The summed E-state index contributed by atoms with van der Waals surface area (Å²) in [5.74, 6) is -0.105. The summed E-state index contributed by atoms with van der Waals surface area (Å²) in [6.45, 7) is 3.90. The number of anilines is 2. The molecule has 8 nitrogen and oxygen atoms in total. The van der Waals surface area contributed by atoms with E-state index in [1.807, 2.05) is 72.5 Å². The third-order valence-electron chi connectivity index (χ3n) is 7.27. The molecule has 1 atom stereocenters. The van der Waals surface area contributed by atoms with Gasteiger partial charge in [-0.25, -0.2) is 9.63 Å². The van der Waals surface area contributed by atoms with E-state index in [2.05, 4.69) is 22.3 Å². The molecular weight excluding hydrogens is 480 g/mol. The Morgan fingerprint density at radius 3 is 2.55 bits per heavy atom. The standard InChI is InChI=1S/C30H34N4O4/c1-21(18-22-8-4-3-5-9-22)31-29(35)23-12-13-28(26(19-23)32-37-2)33-16-14-25(15-17-33)34-27-11-7-6-10-24(27)20-38-30(34)36/h3-13,19,21,25,32H,14-18,20H2,1-2H3,(H,31,35)/p+1. The molecule has 0 aliphatic carbocycles. The van der Waals surface area contributed by atoms with Gasteiger partial charge in [0.2, 0.25) is 0 Å². The monoisotopic (exact) mass is 515 g/mol. The number of cyclic esters (lactones) is 1. The van der Waals surface area contributed by atoms with Crippen molar-refractivity contribution in [2.24, 2.45) is 0 Å². The zero-order chi connectivity index (χ0) is 26.5. The van der Waals surface area contributed by atoms with Gasteiger partial charge < -0.3 is 15.0 Å². The summed E-state index contributed by atoms with van der Waals surface area (Å²) in [5.41, 5.74) is 7.33. The van der Waals surface area contributed by atoms with Gasteiger partial charge in [0.15, 0.2) is 5.69 Å². The molecule has 3 N–H and O–H groups in total. The Hall–Kier alpha value is -3.88. The first-order valence-corrected chi connectivity index (χ1v) is 13.2. The van der Waals surface area contributed by atoms with Gasteiger partial charge in [0.1, 0.15) is 12.3 Å². The molecule has 5 rings (SSSR count). The van der Waals surface area contributed by atoms with Crippen molar-refractivity contribution in [2.45, 2.75) is 44.9 Å². The highest BCUT2D eigenvalue weighted by atomic mass is 16.6. The predicted molar refractivity (Wildman–Crippen MR) is 146 cm³/mol. The van der Waals surface area contributed by atoms with Crippen LogP contribution in [0.3, 0.4) is 0 Å². The van der Waals surface area contributed by atoms with Crippen molar-refractivity contribution in [2.75, 3.05) is 30.0 Å². The third-order valence-corrected chi connectivity index (χ3v) is 7.27. The number of carbonyl (C=O) groups is 2. The minimum absolute atomic E-state index is 0.00469. The molecule has 2 amide bonds. The molecule has 38 heavy (non-hydrogen) atoms. The van der Waals surface area contributed by atoms with E-state index in [1.54, 1.807) is 12.6 Å². The molecule has 0 spiro atoms. The highest BCUT2D eigenvalue weighted by Gasteiger charge is 2.34. The molecule has 2 heterocycles. The van der Waals surface area contributed by atoms with Crippen LogP contribution >= 0.6 is 0 Å². The first kappa shape index (κ1) is 25.8. The quantitative estimate of drug-likeness (QED) is 0.351. The van der Waals surface area contributed by atoms with E-state index in [0.29, 0.717) is 12.2 Å². The SMILES string of the molecule is CO[NH2+]c1cc(C(=O)NC(C)Cc2ccccc2)ccc1N1CCC(N2C(=O)OCc3ccccc32)CC1. The molecular formula is C30H35N4O4+. The van der Waals surface area contributed by atoms with E-state index in [9.17, 15) is 9.59 Å². The number of nitrogens with one attached hydrogen (secondary N) is 1. The lowest BCUT2D eigenvalue weighted by atomic mass is 9.99. The molecule has 2 aliphatic rings. The number of nitrogens with zero attached hydrogens (tertiary/aromatic N) is 2. The normalized spacial score (nSPS) is 16.5. The van der Waals surface area contributed by atoms with Crippen LogP contribution in [0.15, 0.2) is 72.8 Å². The van der Waals surface area contributed by atoms with E-state index >= 15 is 0 Å². The summed E-state index contributed by atoms with van der Waals surface area (Å²) in [7, 11) is 1.62. The maximum atomic E-state index is 13.0. The molecule has 8 heteroatoms. The first-order chi connectivity index (χ1) is 18.5. The van der Waals surface area contributed by atoms with Crippen LogP contribution in [-0.2, 0) is 22.6 Å². The van der Waals surface area contributed by atoms with Crippen molar-refractivity contribution in [3.8, 4) is 0 Å². The van der Waals surface area contributed by atoms with Gasteiger partial charge in [-0.15, -0.1) is 0 Å². The van der Waals surface area contributed by atoms with Crippen molar-refractivity contribution in [1.82, 2.24) is 5.32 Å². The molecule has 1 fully saturated rings. The number of benzene rings is 3. The molecule has 1 unspecified atom stereocenters. The fraction of sp³-hybridized carbons (Fsp3) is 0.333. The summed E-state index contributed by atoms with van der Waals surface area (Å²) in [6.07, 6.45) is 2.13. The number of fused-ring (bicyclic) bond motifs is 1. The highest BCUT2D eigenvalue weighted by molar-refractivity contribution is 5.96. The Balaban J connectivity index is 1.25. The van der Waals surface area contributed by atoms with E-state index in [-0.39, 0.29) is 24.1 Å². The van der Waals surface area contributed by atoms with Crippen molar-refractivity contribution in [3.63, 3.8) is 0 Å². The number of carbonyl (C=O) groups excluding carboxylic acids is 2. The van der Waals surface area contributed by atoms with Gasteiger partial charge in [0, 0.05) is 42.4 Å². The number of amides is 2. The largest absolute Gasteiger partial charge is 0.444 e. The summed E-state index contributed by atoms with van der Waals surface area (Å²) < 4.78 is 5.44. The molecule has 198 valence electrons. The summed E-state index contributed by atoms with van der Waals surface area (Å²) in [6, 6.07) is 23.9. The Morgan fingerprint density at radius 2 is 1.79 bits per heavy atom. The van der Waals surface area contributed by atoms with Gasteiger partial charge in [-0.3, -0.25) is 9.69 Å². The first-order valence-electron chi connectivity index (χ1n) is 13.2. The van der Waals surface area contributed by atoms with Crippen LogP contribution in [0.25, 0.3) is 0 Å². The van der Waals surface area contributed by atoms with Gasteiger partial charge in [-0.05, 0) is 49.9 Å². The smallest absolute Gasteiger partial charge is 0.414 e. The minimum Gasteiger partial charge on any atom is -0.444 e. The van der Waals surface area contributed by atoms with E-state index in [1.165, 1.54) is 5.56 Å². The lowest BCUT2D eigenvalue weighted by Gasteiger charge is -2.40. The van der Waals surface area contributed by atoms with Crippen molar-refractivity contribution >= 4 is 29.1 Å². The predicted octanol–water partition coefficient (Wildman–Crippen LogP) is 3.93. The van der Waals surface area contributed by atoms with E-state index in [4.69, 9.17) is 9.57 Å². The number of quaternary nitrogens is 1. The van der Waals surface area contributed by atoms with Crippen LogP contribution in [0, 0.1) is 0 Å². The molecule has 0 saturated carbocycles. The lowest BCUT2D eigenvalue weighted by Crippen LogP contribution is -2.76. The molecule has 1 saturated heterocycles. The molecule has 0 radical (unpaired) electrons. The second-order valence-electron chi connectivity index (χ2n) is 9.96. The minimum atomic E-state index is -0.271. The van der Waals surface area contributed by atoms with Crippen LogP contribution in [0.4, 0.5) is 21.9 Å².